The topological polar surface area (TPSA) is 26.5 Å². The van der Waals surface area contributed by atoms with Gasteiger partial charge in [0.05, 0.1) is 24.7 Å². The van der Waals surface area contributed by atoms with Gasteiger partial charge in [0.1, 0.15) is 11.6 Å². The first kappa shape index (κ1) is 14.1. The van der Waals surface area contributed by atoms with Crippen LogP contribution in [0.15, 0.2) is 71.9 Å². The van der Waals surface area contributed by atoms with Gasteiger partial charge in [-0.15, -0.1) is 0 Å². The Bertz CT molecular complexity index is 791. The number of aliphatic imine (C=N–C) groups is 1. The van der Waals surface area contributed by atoms with E-state index < -0.39 is 0 Å². The van der Waals surface area contributed by atoms with Gasteiger partial charge in [-0.3, -0.25) is 4.99 Å². The molecule has 0 saturated heterocycles. The first-order valence-corrected chi connectivity index (χ1v) is 6.88. The Kier molecular flexibility index (Phi) is 4.01. The van der Waals surface area contributed by atoms with Gasteiger partial charge in [0, 0.05) is 11.9 Å². The molecule has 1 aromatic heterocycles. The Hall–Kier alpha value is -2.88. The first-order chi connectivity index (χ1) is 10.8. The number of methoxy groups -OCH3 is 1. The lowest BCUT2D eigenvalue weighted by atomic mass is 10.3. The Balaban J connectivity index is 1.90. The quantitative estimate of drug-likeness (QED) is 0.656. The van der Waals surface area contributed by atoms with E-state index in [1.54, 1.807) is 31.5 Å². The minimum absolute atomic E-state index is 0.324. The lowest BCUT2D eigenvalue weighted by molar-refractivity contribution is 0.415. The van der Waals surface area contributed by atoms with Gasteiger partial charge in [-0.2, -0.15) is 0 Å². The van der Waals surface area contributed by atoms with Gasteiger partial charge in [-0.05, 0) is 48.5 Å². The minimum atomic E-state index is -0.332. The van der Waals surface area contributed by atoms with Crippen LogP contribution in [0.4, 0.5) is 10.1 Å². The Morgan fingerprint density at radius 3 is 2.50 bits per heavy atom. The number of aromatic nitrogens is 1. The average molecular weight is 294 g/mol. The van der Waals surface area contributed by atoms with Crippen LogP contribution in [0.3, 0.4) is 0 Å². The lowest BCUT2D eigenvalue weighted by Gasteiger charge is -2.07. The first-order valence-electron chi connectivity index (χ1n) is 6.88. The molecular formula is C18H15FN2O. The van der Waals surface area contributed by atoms with Crippen molar-refractivity contribution >= 4 is 11.9 Å². The number of hydrogen-bond acceptors (Lipinski definition) is 2. The van der Waals surface area contributed by atoms with E-state index in [0.717, 1.165) is 17.1 Å². The predicted molar refractivity (Wildman–Crippen MR) is 86.0 cm³/mol. The van der Waals surface area contributed by atoms with Crippen LogP contribution in [-0.2, 0) is 0 Å². The molecule has 4 heteroatoms. The SMILES string of the molecule is COc1ccc(-n2cccc2C=Nc2ccccc2F)cc1. The van der Waals surface area contributed by atoms with Gasteiger partial charge in [0.15, 0.2) is 0 Å². The maximum atomic E-state index is 13.6. The summed E-state index contributed by atoms with van der Waals surface area (Å²) in [7, 11) is 1.64. The number of ether oxygens (including phenoxy) is 1. The van der Waals surface area contributed by atoms with Crippen LogP contribution in [-0.4, -0.2) is 17.9 Å². The number of hydrogen-bond donors (Lipinski definition) is 0. The van der Waals surface area contributed by atoms with Crippen LogP contribution < -0.4 is 4.74 Å². The van der Waals surface area contributed by atoms with Crippen molar-refractivity contribution < 1.29 is 9.13 Å². The third-order valence-electron chi connectivity index (χ3n) is 3.32. The summed E-state index contributed by atoms with van der Waals surface area (Å²) in [6.07, 6.45) is 3.59. The van der Waals surface area contributed by atoms with Gasteiger partial charge in [0.25, 0.3) is 0 Å². The predicted octanol–water partition coefficient (Wildman–Crippen LogP) is 4.38. The van der Waals surface area contributed by atoms with Crippen molar-refractivity contribution in [3.63, 3.8) is 0 Å². The molecule has 0 aliphatic rings. The number of para-hydroxylation sites is 1. The molecule has 0 N–H and O–H groups in total. The van der Waals surface area contributed by atoms with Crippen molar-refractivity contribution in [2.75, 3.05) is 7.11 Å². The zero-order chi connectivity index (χ0) is 15.4. The molecule has 3 nitrogen and oxygen atoms in total. The van der Waals surface area contributed by atoms with E-state index in [4.69, 9.17) is 4.74 Å². The number of benzene rings is 2. The molecule has 110 valence electrons. The zero-order valence-corrected chi connectivity index (χ0v) is 12.1. The van der Waals surface area contributed by atoms with E-state index in [9.17, 15) is 4.39 Å². The maximum Gasteiger partial charge on any atom is 0.148 e. The summed E-state index contributed by atoms with van der Waals surface area (Å²) in [5.41, 5.74) is 2.18. The molecule has 3 rings (SSSR count). The highest BCUT2D eigenvalue weighted by molar-refractivity contribution is 5.81. The van der Waals surface area contributed by atoms with Crippen LogP contribution >= 0.6 is 0 Å². The lowest BCUT2D eigenvalue weighted by Crippen LogP contribution is -1.97. The van der Waals surface area contributed by atoms with Gasteiger partial charge >= 0.3 is 0 Å². The summed E-state index contributed by atoms with van der Waals surface area (Å²) >= 11 is 0. The van der Waals surface area contributed by atoms with Crippen molar-refractivity contribution in [2.24, 2.45) is 4.99 Å². The zero-order valence-electron chi connectivity index (χ0n) is 12.1. The van der Waals surface area contributed by atoms with Crippen molar-refractivity contribution in [1.82, 2.24) is 4.57 Å². The fourth-order valence-electron chi connectivity index (χ4n) is 2.17. The third-order valence-corrected chi connectivity index (χ3v) is 3.32. The molecule has 3 aromatic rings. The normalized spacial score (nSPS) is 11.0. The molecule has 0 saturated carbocycles. The van der Waals surface area contributed by atoms with E-state index in [1.165, 1.54) is 6.07 Å². The fourth-order valence-corrected chi connectivity index (χ4v) is 2.17. The summed E-state index contributed by atoms with van der Waals surface area (Å²) in [6.45, 7) is 0. The second-order valence-electron chi connectivity index (χ2n) is 4.71. The van der Waals surface area contributed by atoms with Crippen molar-refractivity contribution in [1.29, 1.82) is 0 Å². The van der Waals surface area contributed by atoms with E-state index in [-0.39, 0.29) is 5.82 Å². The maximum absolute atomic E-state index is 13.6. The summed E-state index contributed by atoms with van der Waals surface area (Å²) in [6, 6.07) is 18.0. The van der Waals surface area contributed by atoms with Gasteiger partial charge < -0.3 is 9.30 Å². The molecule has 2 aromatic carbocycles. The smallest absolute Gasteiger partial charge is 0.148 e. The van der Waals surface area contributed by atoms with Gasteiger partial charge in [0.2, 0.25) is 0 Å². The molecule has 0 amide bonds. The van der Waals surface area contributed by atoms with Crippen LogP contribution in [0.5, 0.6) is 5.75 Å². The van der Waals surface area contributed by atoms with Crippen LogP contribution in [0.25, 0.3) is 5.69 Å². The van der Waals surface area contributed by atoms with Crippen LogP contribution in [0.1, 0.15) is 5.69 Å². The van der Waals surface area contributed by atoms with E-state index in [2.05, 4.69) is 4.99 Å². The van der Waals surface area contributed by atoms with Gasteiger partial charge in [-0.1, -0.05) is 12.1 Å². The van der Waals surface area contributed by atoms with Crippen molar-refractivity contribution in [3.05, 3.63) is 78.4 Å². The highest BCUT2D eigenvalue weighted by Crippen LogP contribution is 2.19. The van der Waals surface area contributed by atoms with E-state index in [0.29, 0.717) is 5.69 Å². The summed E-state index contributed by atoms with van der Waals surface area (Å²) in [5.74, 6) is 0.471. The largest absolute Gasteiger partial charge is 0.497 e. The molecule has 0 unspecified atom stereocenters. The second kappa shape index (κ2) is 6.26. The Morgan fingerprint density at radius 2 is 1.77 bits per heavy atom. The highest BCUT2D eigenvalue weighted by atomic mass is 19.1. The highest BCUT2D eigenvalue weighted by Gasteiger charge is 2.02. The Labute approximate surface area is 128 Å². The molecule has 0 aliphatic heterocycles. The summed E-state index contributed by atoms with van der Waals surface area (Å²) in [4.78, 5) is 4.22. The number of rotatable bonds is 4. The van der Waals surface area contributed by atoms with Crippen LogP contribution in [0, 0.1) is 5.82 Å². The molecule has 22 heavy (non-hydrogen) atoms. The third kappa shape index (κ3) is 2.91. The van der Waals surface area contributed by atoms with Crippen LogP contribution in [0.2, 0.25) is 0 Å². The van der Waals surface area contributed by atoms with Gasteiger partial charge in [-0.25, -0.2) is 4.39 Å². The van der Waals surface area contributed by atoms with Crippen molar-refractivity contribution in [2.45, 2.75) is 0 Å². The minimum Gasteiger partial charge on any atom is -0.497 e. The average Bonchev–Trinajstić information content (AvgIpc) is 3.03. The summed E-state index contributed by atoms with van der Waals surface area (Å²) in [5, 5.41) is 0. The summed E-state index contributed by atoms with van der Waals surface area (Å²) < 4.78 is 20.7. The fraction of sp³-hybridized carbons (Fsp3) is 0.0556. The molecule has 0 bridgehead atoms. The molecule has 0 spiro atoms. The van der Waals surface area contributed by atoms with E-state index >= 15 is 0 Å². The molecule has 0 aliphatic carbocycles. The molecule has 0 atom stereocenters. The molecule has 0 fully saturated rings. The standard InChI is InChI=1S/C18H15FN2O/c1-22-16-10-8-14(9-11-16)21-12-4-5-15(21)13-20-18-7-3-2-6-17(18)19/h2-13H,1H3. The van der Waals surface area contributed by atoms with E-state index in [1.807, 2.05) is 47.2 Å². The second-order valence-corrected chi connectivity index (χ2v) is 4.71. The number of halogens is 1. The molecule has 1 heterocycles. The molecule has 0 radical (unpaired) electrons. The number of nitrogens with zero attached hydrogens (tertiary/aromatic N) is 2. The monoisotopic (exact) mass is 294 g/mol. The molecular weight excluding hydrogens is 279 g/mol. The van der Waals surface area contributed by atoms with Crippen molar-refractivity contribution in [3.8, 4) is 11.4 Å². The Morgan fingerprint density at radius 1 is 1.00 bits per heavy atom.